The predicted molar refractivity (Wildman–Crippen MR) is 344 cm³/mol. The van der Waals surface area contributed by atoms with E-state index in [2.05, 4.69) is 27.2 Å². The van der Waals surface area contributed by atoms with Crippen LogP contribution in [0.25, 0.3) is 21.8 Å². The number of likely N-dealkylation sites (N-methyl/N-ethyl adjacent to an activating group) is 2. The number of aromatic nitrogens is 4. The highest BCUT2D eigenvalue weighted by atomic mass is 16.7. The molecule has 8 amide bonds. The maximum Gasteiger partial charge on any atom is 0.334 e. The number of morpholine rings is 1. The number of phenolic OH excluding ortho intramolecular Hbond substituents is 1. The molecule has 7 heterocycles. The van der Waals surface area contributed by atoms with E-state index in [4.69, 9.17) is 14.6 Å². The van der Waals surface area contributed by atoms with E-state index in [0.29, 0.717) is 45.1 Å². The quantitative estimate of drug-likeness (QED) is 0.0865. The molecule has 2 unspecified atom stereocenters. The van der Waals surface area contributed by atoms with Crippen molar-refractivity contribution in [1.29, 1.82) is 0 Å². The number of carbonyl (C=O) groups excluding carboxylic acids is 6. The van der Waals surface area contributed by atoms with Gasteiger partial charge in [-0.05, 0) is 63.7 Å². The maximum absolute atomic E-state index is 14.9. The average Bonchev–Trinajstić information content (AvgIpc) is 1.36. The summed E-state index contributed by atoms with van der Waals surface area (Å²) in [7, 11) is 3.42. The molecule has 3 N–H and O–H groups in total. The lowest BCUT2D eigenvalue weighted by molar-refractivity contribution is -0.187. The number of para-hydroxylation sites is 1. The average molecular weight is 1260 g/mol. The van der Waals surface area contributed by atoms with Gasteiger partial charge in [-0.2, -0.15) is 10.2 Å². The highest BCUT2D eigenvalue weighted by molar-refractivity contribution is 5.93. The van der Waals surface area contributed by atoms with Crippen LogP contribution in [-0.2, 0) is 76.0 Å². The smallest absolute Gasteiger partial charge is 0.334 e. The van der Waals surface area contributed by atoms with Crippen LogP contribution in [0.5, 0.6) is 11.5 Å². The van der Waals surface area contributed by atoms with Gasteiger partial charge >= 0.3 is 12.1 Å². The van der Waals surface area contributed by atoms with Gasteiger partial charge in [0.15, 0.2) is 0 Å². The van der Waals surface area contributed by atoms with Crippen LogP contribution in [0.2, 0.25) is 0 Å². The maximum atomic E-state index is 14.9. The van der Waals surface area contributed by atoms with Gasteiger partial charge in [0.2, 0.25) is 29.9 Å². The fraction of sp³-hybridized carbons (Fsp3) is 0.333. The molecular formula is C69H75N15O9. The second-order valence-corrected chi connectivity index (χ2v) is 24.3. The second kappa shape index (κ2) is 27.0. The fourth-order valence-electron chi connectivity index (χ4n) is 13.5. The van der Waals surface area contributed by atoms with Crippen LogP contribution in [0.1, 0.15) is 33.4 Å². The first kappa shape index (κ1) is 61.7. The van der Waals surface area contributed by atoms with Gasteiger partial charge in [-0.15, -0.1) is 6.58 Å². The molecule has 5 aliphatic heterocycles. The molecule has 5 fully saturated rings. The molecular weight excluding hydrogens is 1180 g/mol. The van der Waals surface area contributed by atoms with E-state index in [1.54, 1.807) is 90.3 Å². The number of phenols is 1. The number of urea groups is 2. The van der Waals surface area contributed by atoms with Crippen LogP contribution in [-0.4, -0.2) is 202 Å². The predicted octanol–water partition coefficient (Wildman–Crippen LogP) is 5.38. The van der Waals surface area contributed by atoms with E-state index in [9.17, 15) is 33.9 Å². The second-order valence-electron chi connectivity index (χ2n) is 24.3. The Bertz CT molecular complexity index is 4060. The molecule has 0 spiro atoms. The Hall–Kier alpha value is -10.1. The molecule has 24 nitrogen and oxygen atoms in total. The van der Waals surface area contributed by atoms with Gasteiger partial charge in [0.1, 0.15) is 35.9 Å². The molecule has 6 aromatic carbocycles. The Morgan fingerprint density at radius 3 is 1.78 bits per heavy atom. The number of piperazine rings is 2. The highest BCUT2D eigenvalue weighted by Crippen LogP contribution is 2.33. The van der Waals surface area contributed by atoms with E-state index < -0.39 is 36.7 Å². The van der Waals surface area contributed by atoms with Crippen molar-refractivity contribution in [2.24, 2.45) is 0 Å². The summed E-state index contributed by atoms with van der Waals surface area (Å²) in [6.07, 6.45) is 3.54. The van der Waals surface area contributed by atoms with Crippen molar-refractivity contribution in [2.45, 2.75) is 82.8 Å². The third-order valence-corrected chi connectivity index (χ3v) is 18.1. The normalized spacial score (nSPS) is 20.7. The molecule has 5 saturated heterocycles. The third kappa shape index (κ3) is 13.2. The van der Waals surface area contributed by atoms with Crippen molar-refractivity contribution in [3.63, 3.8) is 0 Å². The van der Waals surface area contributed by atoms with Gasteiger partial charge in [-0.25, -0.2) is 29.6 Å². The van der Waals surface area contributed by atoms with Crippen LogP contribution >= 0.6 is 0 Å². The molecule has 24 heteroatoms. The van der Waals surface area contributed by atoms with Gasteiger partial charge in [0.25, 0.3) is 0 Å². The minimum absolute atomic E-state index is 0.0549. The molecule has 0 bridgehead atoms. The summed E-state index contributed by atoms with van der Waals surface area (Å²) in [6.45, 7) is 7.95. The van der Waals surface area contributed by atoms with Gasteiger partial charge in [0, 0.05) is 77.0 Å². The molecule has 5 aliphatic rings. The van der Waals surface area contributed by atoms with Crippen molar-refractivity contribution in [1.82, 2.24) is 74.7 Å². The number of nitrogens with zero attached hydrogens (tertiary/aromatic N) is 13. The molecule has 0 radical (unpaired) electrons. The number of nitrogens with one attached hydrogen (secondary N) is 2. The number of benzene rings is 6. The Morgan fingerprint density at radius 2 is 1.18 bits per heavy atom. The summed E-state index contributed by atoms with van der Waals surface area (Å²) in [4.78, 5) is 95.5. The summed E-state index contributed by atoms with van der Waals surface area (Å²) in [5.41, 5.74) is 6.87. The van der Waals surface area contributed by atoms with Crippen LogP contribution in [0.4, 0.5) is 9.59 Å². The summed E-state index contributed by atoms with van der Waals surface area (Å²) < 4.78 is 16.5. The Balaban J connectivity index is 0.685. The van der Waals surface area contributed by atoms with Gasteiger partial charge in [-0.3, -0.25) is 33.4 Å². The number of fused-ring (bicyclic) bond motifs is 4. The molecule has 0 aliphatic carbocycles. The zero-order chi connectivity index (χ0) is 64.3. The topological polar surface area (TPSA) is 230 Å². The number of amides is 8. The lowest BCUT2D eigenvalue weighted by Gasteiger charge is -2.54. The monoisotopic (exact) mass is 1260 g/mol. The number of hydrogen-bond donors (Lipinski definition) is 3. The number of carbonyl (C=O) groups is 6. The van der Waals surface area contributed by atoms with E-state index in [-0.39, 0.29) is 101 Å². The number of aromatic hydroxyl groups is 1. The van der Waals surface area contributed by atoms with Crippen molar-refractivity contribution in [3.8, 4) is 11.5 Å². The summed E-state index contributed by atoms with van der Waals surface area (Å²) in [5.74, 6) is -0.366. The minimum atomic E-state index is -0.938. The Morgan fingerprint density at radius 1 is 0.624 bits per heavy atom. The molecule has 0 saturated carbocycles. The zero-order valence-electron chi connectivity index (χ0n) is 52.0. The fourth-order valence-corrected chi connectivity index (χ4v) is 13.5. The van der Waals surface area contributed by atoms with E-state index >= 15 is 0 Å². The number of hydrogen-bond acceptors (Lipinski definition) is 14. The summed E-state index contributed by atoms with van der Waals surface area (Å²) >= 11 is 0. The van der Waals surface area contributed by atoms with Gasteiger partial charge in [0.05, 0.1) is 75.8 Å². The first-order chi connectivity index (χ1) is 45.2. The first-order valence-corrected chi connectivity index (χ1v) is 31.4. The van der Waals surface area contributed by atoms with Crippen LogP contribution in [0.15, 0.2) is 171 Å². The number of hydrazine groups is 2. The van der Waals surface area contributed by atoms with E-state index in [1.807, 2.05) is 137 Å². The molecule has 8 aromatic rings. The lowest BCUT2D eigenvalue weighted by atomic mass is 9.98. The van der Waals surface area contributed by atoms with Crippen molar-refractivity contribution in [3.05, 3.63) is 204 Å². The standard InChI is InChI=1S/C69H75N15O9/c1-4-28-79-57-35-51(18-23-52(57)38-72-79)40-77-42-60-81(62(86)44-74(2)83(60)68(90)70-36-49-12-7-5-8-13-49)58(66(77)88)34-48-21-26-56(27-22-48)93-64-46-76(31-32-92-64)29-30-80-65-53(39-73-80)16-11-17-54(65)41-78-43-61-82(59(67(78)89)33-47-19-24-55(85)25-20-47)63(87)45-75(3)84(61)69(91)71-37-50-14-9-6-10-15-50/h4-27,35,38-39,58-61,64,85H,1,28-34,36-37,40-46H2,2-3H3,(H,70,90)(H,71,91)/t58-,59?,60-,61-,64?/m0/s1. The Kier molecular flexibility index (Phi) is 17.9. The number of rotatable bonds is 19. The van der Waals surface area contributed by atoms with E-state index in [1.165, 1.54) is 0 Å². The SMILES string of the molecule is C=CCn1ncc2ccc(CN3C[C@H]4N(C(=O)CN(C)N4C(=O)NCc4ccccc4)[C@@H](Cc4ccc(OC5CN(CCn6ncc7cccc(CN8C[C@H]9N(C(=O)CN(C)N9C(=O)NCc9ccccc9)C(Cc9ccc(O)cc9)C8=O)c76)CCO5)cc4)C3=O)cc21. The molecule has 13 rings (SSSR count). The molecule has 5 atom stereocenters. The highest BCUT2D eigenvalue weighted by Gasteiger charge is 2.52. The molecule has 93 heavy (non-hydrogen) atoms. The number of ether oxygens (including phenoxy) is 2. The van der Waals surface area contributed by atoms with Gasteiger partial charge < -0.3 is 44.8 Å². The zero-order valence-corrected chi connectivity index (χ0v) is 52.0. The first-order valence-electron chi connectivity index (χ1n) is 31.4. The van der Waals surface area contributed by atoms with Crippen molar-refractivity contribution >= 4 is 57.5 Å². The largest absolute Gasteiger partial charge is 0.508 e. The van der Waals surface area contributed by atoms with Gasteiger partial charge in [-0.1, -0.05) is 121 Å². The van der Waals surface area contributed by atoms with E-state index in [0.717, 1.165) is 55.2 Å². The lowest BCUT2D eigenvalue weighted by Crippen LogP contribution is -2.76. The Labute approximate surface area is 538 Å². The summed E-state index contributed by atoms with van der Waals surface area (Å²) in [5, 5.41) is 33.8. The van der Waals surface area contributed by atoms with Crippen LogP contribution < -0.4 is 15.4 Å². The third-order valence-electron chi connectivity index (χ3n) is 18.1. The molecule has 2 aromatic heterocycles. The summed E-state index contributed by atoms with van der Waals surface area (Å²) in [6, 6.07) is 42.5. The van der Waals surface area contributed by atoms with Crippen LogP contribution in [0.3, 0.4) is 0 Å². The van der Waals surface area contributed by atoms with Crippen molar-refractivity contribution in [2.75, 3.05) is 66.5 Å². The number of allylic oxidation sites excluding steroid dienone is 1. The minimum Gasteiger partial charge on any atom is -0.508 e. The molecule has 480 valence electrons. The van der Waals surface area contributed by atoms with Crippen molar-refractivity contribution < 1.29 is 43.3 Å². The van der Waals surface area contributed by atoms with Crippen LogP contribution in [0, 0.1) is 0 Å².